The van der Waals surface area contributed by atoms with Crippen LogP contribution in [0.5, 0.6) is 5.75 Å². The molecule has 0 atom stereocenters. The van der Waals surface area contributed by atoms with E-state index in [1.54, 1.807) is 12.1 Å². The van der Waals surface area contributed by atoms with Gasteiger partial charge in [0.05, 0.1) is 5.69 Å². The number of esters is 1. The Hall–Kier alpha value is -2.90. The average molecular weight is 360 g/mol. The van der Waals surface area contributed by atoms with Gasteiger partial charge in [0, 0.05) is 18.5 Å². The van der Waals surface area contributed by atoms with Crippen LogP contribution in [0.25, 0.3) is 0 Å². The van der Waals surface area contributed by atoms with E-state index in [2.05, 4.69) is 5.32 Å². The fraction of sp³-hybridized carbons (Fsp3) is 0.444. The first-order valence-corrected chi connectivity index (χ1v) is 8.56. The van der Waals surface area contributed by atoms with Gasteiger partial charge in [-0.15, -0.1) is 0 Å². The topological polar surface area (TPSA) is 102 Å². The number of rotatable bonds is 5. The average Bonchev–Trinajstić information content (AvgIpc) is 2.83. The lowest BCUT2D eigenvalue weighted by Crippen LogP contribution is -2.36. The van der Waals surface area contributed by atoms with Crippen molar-refractivity contribution in [2.45, 2.75) is 25.7 Å². The van der Waals surface area contributed by atoms with E-state index in [9.17, 15) is 19.2 Å². The molecule has 0 saturated carbocycles. The molecule has 2 aliphatic heterocycles. The van der Waals surface area contributed by atoms with Crippen molar-refractivity contribution in [1.82, 2.24) is 4.90 Å². The van der Waals surface area contributed by atoms with E-state index in [4.69, 9.17) is 9.47 Å². The second-order valence-corrected chi connectivity index (χ2v) is 6.26. The van der Waals surface area contributed by atoms with E-state index in [0.717, 1.165) is 19.3 Å². The molecule has 0 aromatic heterocycles. The van der Waals surface area contributed by atoms with Gasteiger partial charge in [0.25, 0.3) is 5.91 Å². The smallest absolute Gasteiger partial charge is 0.326 e. The molecule has 8 nitrogen and oxygen atoms in total. The Labute approximate surface area is 150 Å². The molecule has 0 bridgehead atoms. The van der Waals surface area contributed by atoms with Crippen molar-refractivity contribution >= 4 is 29.3 Å². The molecule has 26 heavy (non-hydrogen) atoms. The first-order valence-electron chi connectivity index (χ1n) is 8.56. The fourth-order valence-electron chi connectivity index (χ4n) is 2.89. The number of amides is 2. The number of nitrogens with zero attached hydrogens (tertiary/aromatic N) is 1. The van der Waals surface area contributed by atoms with E-state index in [1.165, 1.54) is 11.0 Å². The van der Waals surface area contributed by atoms with Crippen molar-refractivity contribution in [3.8, 4) is 5.75 Å². The number of carbonyl (C=O) groups excluding carboxylic acids is 4. The molecule has 1 aromatic carbocycles. The summed E-state index contributed by atoms with van der Waals surface area (Å²) in [5.41, 5.74) is 0.710. The summed E-state index contributed by atoms with van der Waals surface area (Å²) in [4.78, 5) is 48.8. The zero-order chi connectivity index (χ0) is 18.5. The lowest BCUT2D eigenvalue weighted by Gasteiger charge is -2.19. The number of ketones is 1. The molecular weight excluding hydrogens is 340 g/mol. The van der Waals surface area contributed by atoms with Crippen LogP contribution < -0.4 is 10.1 Å². The van der Waals surface area contributed by atoms with E-state index >= 15 is 0 Å². The molecule has 2 amide bonds. The van der Waals surface area contributed by atoms with Gasteiger partial charge in [-0.05, 0) is 31.0 Å². The summed E-state index contributed by atoms with van der Waals surface area (Å²) in [5.74, 6) is -0.879. The lowest BCUT2D eigenvalue weighted by atomic mass is 10.1. The van der Waals surface area contributed by atoms with Gasteiger partial charge in [0.15, 0.2) is 19.0 Å². The van der Waals surface area contributed by atoms with Gasteiger partial charge >= 0.3 is 5.97 Å². The Morgan fingerprint density at radius 1 is 1.19 bits per heavy atom. The first-order chi connectivity index (χ1) is 12.5. The minimum Gasteiger partial charge on any atom is -0.482 e. The fourth-order valence-corrected chi connectivity index (χ4v) is 2.89. The number of Topliss-reactive ketones (excluding diaryl/α,β-unsaturated/α-hetero) is 1. The van der Waals surface area contributed by atoms with Crippen LogP contribution in [-0.4, -0.2) is 54.8 Å². The summed E-state index contributed by atoms with van der Waals surface area (Å²) >= 11 is 0. The Bertz CT molecular complexity index is 745. The van der Waals surface area contributed by atoms with Crippen molar-refractivity contribution in [1.29, 1.82) is 0 Å². The van der Waals surface area contributed by atoms with E-state index in [-0.39, 0.29) is 25.0 Å². The van der Waals surface area contributed by atoms with Gasteiger partial charge < -0.3 is 19.7 Å². The summed E-state index contributed by atoms with van der Waals surface area (Å²) in [5, 5.41) is 2.62. The number of fused-ring (bicyclic) bond motifs is 1. The van der Waals surface area contributed by atoms with E-state index in [1.807, 2.05) is 0 Å². The van der Waals surface area contributed by atoms with E-state index < -0.39 is 18.4 Å². The summed E-state index contributed by atoms with van der Waals surface area (Å²) < 4.78 is 10.2. The number of ether oxygens (including phenoxy) is 2. The normalized spacial score (nSPS) is 16.8. The number of carbonyl (C=O) groups is 4. The summed E-state index contributed by atoms with van der Waals surface area (Å²) in [7, 11) is 0. The predicted octanol–water partition coefficient (Wildman–Crippen LogP) is 1.15. The zero-order valence-electron chi connectivity index (χ0n) is 14.3. The molecule has 8 heteroatoms. The minimum atomic E-state index is -0.608. The first kappa shape index (κ1) is 17.9. The molecule has 1 fully saturated rings. The number of hydrogen-bond donors (Lipinski definition) is 1. The number of anilines is 1. The van der Waals surface area contributed by atoms with Crippen LogP contribution in [0.15, 0.2) is 18.2 Å². The van der Waals surface area contributed by atoms with Crippen molar-refractivity contribution < 1.29 is 28.7 Å². The minimum absolute atomic E-state index is 0.0591. The van der Waals surface area contributed by atoms with Crippen molar-refractivity contribution in [2.75, 3.05) is 31.6 Å². The lowest BCUT2D eigenvalue weighted by molar-refractivity contribution is -0.148. The Morgan fingerprint density at radius 3 is 2.88 bits per heavy atom. The molecule has 0 radical (unpaired) electrons. The monoisotopic (exact) mass is 360 g/mol. The van der Waals surface area contributed by atoms with Gasteiger partial charge in [-0.3, -0.25) is 19.2 Å². The number of hydrogen-bond acceptors (Lipinski definition) is 6. The second-order valence-electron chi connectivity index (χ2n) is 6.26. The number of benzene rings is 1. The van der Waals surface area contributed by atoms with Gasteiger partial charge in [-0.25, -0.2) is 0 Å². The molecule has 3 rings (SSSR count). The summed E-state index contributed by atoms with van der Waals surface area (Å²) in [6.45, 7) is -0.0891. The van der Waals surface area contributed by atoms with E-state index in [0.29, 0.717) is 30.0 Å². The molecule has 1 aromatic rings. The third kappa shape index (κ3) is 4.38. The van der Waals surface area contributed by atoms with Crippen LogP contribution in [0.3, 0.4) is 0 Å². The standard InChI is InChI=1S/C18H20N2O6/c21-14(12-5-6-15-13(8-12)19-16(22)11-25-15)10-26-18(24)9-20-7-3-1-2-4-17(20)23/h5-6,8H,1-4,7,9-11H2,(H,19,22). The van der Waals surface area contributed by atoms with Gasteiger partial charge in [0.1, 0.15) is 12.3 Å². The third-order valence-corrected chi connectivity index (χ3v) is 4.29. The summed E-state index contributed by atoms with van der Waals surface area (Å²) in [6.07, 6.45) is 3.10. The van der Waals surface area contributed by atoms with Crippen LogP contribution in [0.4, 0.5) is 5.69 Å². The van der Waals surface area contributed by atoms with Gasteiger partial charge in [-0.2, -0.15) is 0 Å². The highest BCUT2D eigenvalue weighted by Crippen LogP contribution is 2.28. The predicted molar refractivity (Wildman–Crippen MR) is 90.9 cm³/mol. The van der Waals surface area contributed by atoms with Crippen LogP contribution in [0.2, 0.25) is 0 Å². The van der Waals surface area contributed by atoms with Crippen LogP contribution in [0.1, 0.15) is 36.0 Å². The van der Waals surface area contributed by atoms with Crippen LogP contribution in [-0.2, 0) is 19.1 Å². The van der Waals surface area contributed by atoms with Crippen LogP contribution in [0, 0.1) is 0 Å². The quantitative estimate of drug-likeness (QED) is 0.624. The number of likely N-dealkylation sites (tertiary alicyclic amines) is 1. The second kappa shape index (κ2) is 7.99. The molecule has 1 saturated heterocycles. The molecular formula is C18H20N2O6. The highest BCUT2D eigenvalue weighted by atomic mass is 16.5. The highest BCUT2D eigenvalue weighted by Gasteiger charge is 2.21. The Kier molecular flexibility index (Phi) is 5.50. The largest absolute Gasteiger partial charge is 0.482 e. The Balaban J connectivity index is 1.53. The number of nitrogens with one attached hydrogen (secondary N) is 1. The van der Waals surface area contributed by atoms with Crippen molar-refractivity contribution in [3.05, 3.63) is 23.8 Å². The third-order valence-electron chi connectivity index (χ3n) is 4.29. The molecule has 1 N–H and O–H groups in total. The highest BCUT2D eigenvalue weighted by molar-refractivity contribution is 6.01. The van der Waals surface area contributed by atoms with Gasteiger partial charge in [-0.1, -0.05) is 6.42 Å². The zero-order valence-corrected chi connectivity index (χ0v) is 14.3. The maximum Gasteiger partial charge on any atom is 0.326 e. The van der Waals surface area contributed by atoms with Crippen LogP contribution >= 0.6 is 0 Å². The van der Waals surface area contributed by atoms with Crippen molar-refractivity contribution in [2.24, 2.45) is 0 Å². The maximum atomic E-state index is 12.2. The molecule has 0 unspecified atom stereocenters. The molecule has 0 aliphatic carbocycles. The Morgan fingerprint density at radius 2 is 2.04 bits per heavy atom. The van der Waals surface area contributed by atoms with Gasteiger partial charge in [0.2, 0.25) is 5.91 Å². The SMILES string of the molecule is O=C1COc2ccc(C(=O)COC(=O)CN3CCCCCC3=O)cc2N1. The molecule has 2 heterocycles. The molecule has 0 spiro atoms. The molecule has 138 valence electrons. The maximum absolute atomic E-state index is 12.2. The molecule has 2 aliphatic rings. The van der Waals surface area contributed by atoms with Crippen molar-refractivity contribution in [3.63, 3.8) is 0 Å². The summed E-state index contributed by atoms with van der Waals surface area (Å²) in [6, 6.07) is 4.62.